The molecule has 0 saturated heterocycles. The van der Waals surface area contributed by atoms with Gasteiger partial charge in [-0.2, -0.15) is 9.97 Å². The molecule has 144 valence electrons. The molecule has 3 rings (SSSR count). The van der Waals surface area contributed by atoms with Gasteiger partial charge < -0.3 is 14.2 Å². The fourth-order valence-electron chi connectivity index (χ4n) is 2.69. The van der Waals surface area contributed by atoms with E-state index in [0.717, 1.165) is 16.9 Å². The number of hydrogen-bond acceptors (Lipinski definition) is 6. The van der Waals surface area contributed by atoms with Gasteiger partial charge in [-0.15, -0.1) is 0 Å². The van der Waals surface area contributed by atoms with Crippen LogP contribution in [0.2, 0.25) is 5.28 Å². The summed E-state index contributed by atoms with van der Waals surface area (Å²) in [7, 11) is 1.62. The fraction of sp³-hybridized carbons (Fsp3) is 0.421. The molecule has 0 atom stereocenters. The number of carbonyl (C=O) groups excluding carboxylic acids is 1. The molecule has 27 heavy (non-hydrogen) atoms. The fourth-order valence-corrected chi connectivity index (χ4v) is 2.84. The van der Waals surface area contributed by atoms with E-state index in [4.69, 9.17) is 25.8 Å². The number of aromatic nitrogens is 2. The third-order valence-electron chi connectivity index (χ3n) is 3.91. The molecule has 0 spiro atoms. The summed E-state index contributed by atoms with van der Waals surface area (Å²) >= 11 is 6.06. The Kier molecular flexibility index (Phi) is 5.41. The highest BCUT2D eigenvalue weighted by atomic mass is 35.5. The molecule has 1 aromatic heterocycles. The van der Waals surface area contributed by atoms with Crippen molar-refractivity contribution in [2.45, 2.75) is 39.4 Å². The number of anilines is 1. The van der Waals surface area contributed by atoms with Gasteiger partial charge in [0, 0.05) is 6.54 Å². The van der Waals surface area contributed by atoms with Crippen LogP contribution in [0.1, 0.15) is 31.9 Å². The first-order valence-electron chi connectivity index (χ1n) is 8.59. The summed E-state index contributed by atoms with van der Waals surface area (Å²) in [5.41, 5.74) is 1.12. The number of carbonyl (C=O) groups is 1. The van der Waals surface area contributed by atoms with Crippen molar-refractivity contribution in [2.75, 3.05) is 18.6 Å². The summed E-state index contributed by atoms with van der Waals surface area (Å²) in [6, 6.07) is 7.55. The van der Waals surface area contributed by atoms with Crippen LogP contribution < -0.4 is 14.4 Å². The van der Waals surface area contributed by atoms with Gasteiger partial charge in [0.2, 0.25) is 11.2 Å². The van der Waals surface area contributed by atoms with Crippen LogP contribution in [0.4, 0.5) is 10.6 Å². The maximum absolute atomic E-state index is 12.4. The molecule has 1 aliphatic heterocycles. The number of hydrogen-bond donors (Lipinski definition) is 0. The van der Waals surface area contributed by atoms with Crippen LogP contribution in [0.3, 0.4) is 0 Å². The van der Waals surface area contributed by atoms with Crippen molar-refractivity contribution >= 4 is 23.5 Å². The van der Waals surface area contributed by atoms with E-state index in [0.29, 0.717) is 31.3 Å². The van der Waals surface area contributed by atoms with E-state index in [-0.39, 0.29) is 5.28 Å². The largest absolute Gasteiger partial charge is 0.497 e. The molecule has 0 fully saturated rings. The molecule has 1 amide bonds. The first-order chi connectivity index (χ1) is 12.8. The Morgan fingerprint density at radius 2 is 1.93 bits per heavy atom. The monoisotopic (exact) mass is 391 g/mol. The van der Waals surface area contributed by atoms with Gasteiger partial charge in [-0.1, -0.05) is 12.1 Å². The van der Waals surface area contributed by atoms with E-state index in [1.807, 2.05) is 45.0 Å². The molecule has 1 aromatic carbocycles. The molecule has 2 heterocycles. The van der Waals surface area contributed by atoms with Gasteiger partial charge in [-0.3, -0.25) is 4.90 Å². The number of fused-ring (bicyclic) bond motifs is 1. The van der Waals surface area contributed by atoms with Crippen molar-refractivity contribution in [3.63, 3.8) is 0 Å². The van der Waals surface area contributed by atoms with Gasteiger partial charge in [0.1, 0.15) is 23.8 Å². The maximum Gasteiger partial charge on any atom is 0.416 e. The van der Waals surface area contributed by atoms with Crippen molar-refractivity contribution in [2.24, 2.45) is 0 Å². The first-order valence-corrected chi connectivity index (χ1v) is 8.97. The highest BCUT2D eigenvalue weighted by Gasteiger charge is 2.33. The summed E-state index contributed by atoms with van der Waals surface area (Å²) in [6.07, 6.45) is 0.112. The normalized spacial score (nSPS) is 13.3. The highest BCUT2D eigenvalue weighted by molar-refractivity contribution is 6.28. The van der Waals surface area contributed by atoms with Crippen molar-refractivity contribution in [3.8, 4) is 11.6 Å². The zero-order valence-electron chi connectivity index (χ0n) is 15.8. The Bertz CT molecular complexity index is 834. The van der Waals surface area contributed by atoms with E-state index >= 15 is 0 Å². The number of ether oxygens (including phenoxy) is 3. The number of benzene rings is 1. The van der Waals surface area contributed by atoms with Crippen molar-refractivity contribution in [3.05, 3.63) is 40.7 Å². The number of rotatable bonds is 4. The minimum atomic E-state index is -0.593. The minimum absolute atomic E-state index is 0.0222. The highest BCUT2D eigenvalue weighted by Crippen LogP contribution is 2.34. The Balaban J connectivity index is 1.78. The molecule has 8 heteroatoms. The van der Waals surface area contributed by atoms with Crippen LogP contribution in [0, 0.1) is 0 Å². The standard InChI is InChI=1S/C19H22ClN3O4/c1-19(2,3)27-18(24)23-10-9-14-15(23)21-17(20)22-16(14)26-11-12-5-7-13(25-4)8-6-12/h5-8H,9-11H2,1-4H3. The van der Waals surface area contributed by atoms with Gasteiger partial charge in [0.05, 0.1) is 12.7 Å². The number of halogens is 1. The molecule has 0 N–H and O–H groups in total. The second-order valence-electron chi connectivity index (χ2n) is 7.12. The van der Waals surface area contributed by atoms with Crippen LogP contribution in [0.15, 0.2) is 24.3 Å². The number of methoxy groups -OCH3 is 1. The summed E-state index contributed by atoms with van der Waals surface area (Å²) in [5.74, 6) is 1.60. The maximum atomic E-state index is 12.4. The van der Waals surface area contributed by atoms with Crippen molar-refractivity contribution < 1.29 is 19.0 Å². The molecule has 0 radical (unpaired) electrons. The lowest BCUT2D eigenvalue weighted by Crippen LogP contribution is -2.36. The second kappa shape index (κ2) is 7.60. The Morgan fingerprint density at radius 1 is 1.22 bits per heavy atom. The molecule has 0 unspecified atom stereocenters. The molecular formula is C19H22ClN3O4. The summed E-state index contributed by atoms with van der Waals surface area (Å²) < 4.78 is 16.5. The predicted octanol–water partition coefficient (Wildman–Crippen LogP) is 4.02. The van der Waals surface area contributed by atoms with E-state index in [9.17, 15) is 4.79 Å². The predicted molar refractivity (Wildman–Crippen MR) is 102 cm³/mol. The van der Waals surface area contributed by atoms with Crippen LogP contribution in [-0.4, -0.2) is 35.3 Å². The average Bonchev–Trinajstić information content (AvgIpc) is 3.02. The van der Waals surface area contributed by atoms with Gasteiger partial charge in [-0.05, 0) is 56.5 Å². The zero-order valence-corrected chi connectivity index (χ0v) is 16.5. The zero-order chi connectivity index (χ0) is 19.6. The van der Waals surface area contributed by atoms with E-state index < -0.39 is 11.7 Å². The van der Waals surface area contributed by atoms with Gasteiger partial charge in [0.25, 0.3) is 0 Å². The number of nitrogens with zero attached hydrogens (tertiary/aromatic N) is 3. The van der Waals surface area contributed by atoms with Gasteiger partial charge >= 0.3 is 6.09 Å². The molecular weight excluding hydrogens is 370 g/mol. The molecule has 2 aromatic rings. The van der Waals surface area contributed by atoms with Gasteiger partial charge in [-0.25, -0.2) is 4.79 Å². The number of amides is 1. The van der Waals surface area contributed by atoms with Crippen LogP contribution in [0.25, 0.3) is 0 Å². The summed E-state index contributed by atoms with van der Waals surface area (Å²) in [6.45, 7) is 6.21. The Hall–Kier alpha value is -2.54. The Labute approximate surface area is 163 Å². The van der Waals surface area contributed by atoms with E-state index in [1.165, 1.54) is 4.90 Å². The van der Waals surface area contributed by atoms with Crippen LogP contribution in [0.5, 0.6) is 11.6 Å². The smallest absolute Gasteiger partial charge is 0.416 e. The summed E-state index contributed by atoms with van der Waals surface area (Å²) in [5, 5.41) is 0.0222. The molecule has 0 aliphatic carbocycles. The Morgan fingerprint density at radius 3 is 2.56 bits per heavy atom. The van der Waals surface area contributed by atoms with Crippen molar-refractivity contribution in [1.82, 2.24) is 9.97 Å². The second-order valence-corrected chi connectivity index (χ2v) is 7.46. The minimum Gasteiger partial charge on any atom is -0.497 e. The SMILES string of the molecule is COc1ccc(COc2nc(Cl)nc3c2CCN3C(=O)OC(C)(C)C)cc1. The van der Waals surface area contributed by atoms with E-state index in [1.54, 1.807) is 7.11 Å². The topological polar surface area (TPSA) is 73.8 Å². The molecule has 1 aliphatic rings. The van der Waals surface area contributed by atoms with Crippen molar-refractivity contribution in [1.29, 1.82) is 0 Å². The van der Waals surface area contributed by atoms with Gasteiger partial charge in [0.15, 0.2) is 0 Å². The van der Waals surface area contributed by atoms with Crippen LogP contribution in [-0.2, 0) is 17.8 Å². The van der Waals surface area contributed by atoms with Crippen LogP contribution >= 0.6 is 11.6 Å². The average molecular weight is 392 g/mol. The lowest BCUT2D eigenvalue weighted by atomic mass is 10.2. The molecule has 0 saturated carbocycles. The first kappa shape index (κ1) is 19.2. The molecule has 0 bridgehead atoms. The lowest BCUT2D eigenvalue weighted by Gasteiger charge is -2.24. The summed E-state index contributed by atoms with van der Waals surface area (Å²) in [4.78, 5) is 22.3. The molecule has 7 nitrogen and oxygen atoms in total. The lowest BCUT2D eigenvalue weighted by molar-refractivity contribution is 0.0583. The quantitative estimate of drug-likeness (QED) is 0.733. The third-order valence-corrected chi connectivity index (χ3v) is 4.08. The van der Waals surface area contributed by atoms with E-state index in [2.05, 4.69) is 9.97 Å². The third kappa shape index (κ3) is 4.60.